The van der Waals surface area contributed by atoms with Crippen molar-refractivity contribution in [2.24, 2.45) is 5.92 Å². The van der Waals surface area contributed by atoms with Crippen LogP contribution in [-0.2, 0) is 4.74 Å². The summed E-state index contributed by atoms with van der Waals surface area (Å²) in [6.45, 7) is 8.78. The lowest BCUT2D eigenvalue weighted by Crippen LogP contribution is -2.08. The minimum Gasteiger partial charge on any atom is -0.507 e. The number of phenols is 1. The summed E-state index contributed by atoms with van der Waals surface area (Å²) in [5.74, 6) is 1.28. The van der Waals surface area contributed by atoms with Crippen LogP contribution < -0.4 is 0 Å². The van der Waals surface area contributed by atoms with Gasteiger partial charge in [0.15, 0.2) is 0 Å². The van der Waals surface area contributed by atoms with E-state index in [-0.39, 0.29) is 17.0 Å². The highest BCUT2D eigenvalue weighted by Gasteiger charge is 2.18. The second-order valence-corrected chi connectivity index (χ2v) is 6.67. The number of aromatic hydroxyl groups is 1. The summed E-state index contributed by atoms with van der Waals surface area (Å²) < 4.78 is 5.73. The number of ether oxygens (including phenoxy) is 1. The van der Waals surface area contributed by atoms with Crippen LogP contribution >= 0.6 is 11.8 Å². The van der Waals surface area contributed by atoms with Crippen molar-refractivity contribution in [2.45, 2.75) is 46.6 Å². The Labute approximate surface area is 132 Å². The molecule has 0 saturated heterocycles. The molecular weight excluding hydrogens is 284 g/mol. The molecule has 0 bridgehead atoms. The minimum absolute atomic E-state index is 0.0581. The maximum Gasteiger partial charge on any atom is 0.223 e. The van der Waals surface area contributed by atoms with Crippen LogP contribution in [0.15, 0.2) is 18.2 Å². The maximum atomic E-state index is 12.1. The quantitative estimate of drug-likeness (QED) is 0.701. The number of thioether (sulfide) groups is 1. The summed E-state index contributed by atoms with van der Waals surface area (Å²) in [4.78, 5) is 12.1. The molecule has 0 fully saturated rings. The van der Waals surface area contributed by atoms with Crippen LogP contribution in [0.2, 0.25) is 0 Å². The number of hydrogen-bond donors (Lipinski definition) is 1. The normalized spacial score (nSPS) is 12.6. The summed E-state index contributed by atoms with van der Waals surface area (Å²) in [5.41, 5.74) is 1.06. The molecule has 1 rings (SSSR count). The van der Waals surface area contributed by atoms with Crippen molar-refractivity contribution in [3.8, 4) is 5.75 Å². The van der Waals surface area contributed by atoms with Crippen molar-refractivity contribution in [3.05, 3.63) is 29.3 Å². The minimum atomic E-state index is -0.221. The third-order valence-corrected chi connectivity index (χ3v) is 4.11. The SMILES string of the molecule is CCCCSC(=O)c1cccc([C@H](C)OCC(C)C)c1O. The van der Waals surface area contributed by atoms with Crippen LogP contribution in [0, 0.1) is 5.92 Å². The second kappa shape index (κ2) is 9.11. The number of benzene rings is 1. The molecule has 1 aromatic carbocycles. The van der Waals surface area contributed by atoms with E-state index in [2.05, 4.69) is 20.8 Å². The highest BCUT2D eigenvalue weighted by Crippen LogP contribution is 2.32. The van der Waals surface area contributed by atoms with Crippen LogP contribution in [0.5, 0.6) is 5.75 Å². The molecule has 0 unspecified atom stereocenters. The number of phenolic OH excluding ortho intramolecular Hbond substituents is 1. The molecule has 1 atom stereocenters. The number of hydrogen-bond acceptors (Lipinski definition) is 4. The third kappa shape index (κ3) is 5.71. The molecular formula is C17H26O3S. The van der Waals surface area contributed by atoms with Crippen molar-refractivity contribution >= 4 is 16.9 Å². The molecule has 0 radical (unpaired) electrons. The highest BCUT2D eigenvalue weighted by atomic mass is 32.2. The lowest BCUT2D eigenvalue weighted by atomic mass is 10.1. The van der Waals surface area contributed by atoms with Gasteiger partial charge in [0.1, 0.15) is 5.75 Å². The Morgan fingerprint density at radius 1 is 1.33 bits per heavy atom. The van der Waals surface area contributed by atoms with E-state index in [1.807, 2.05) is 13.0 Å². The summed E-state index contributed by atoms with van der Waals surface area (Å²) in [5, 5.41) is 10.3. The van der Waals surface area contributed by atoms with E-state index in [0.29, 0.717) is 23.7 Å². The van der Waals surface area contributed by atoms with Crippen LogP contribution in [0.4, 0.5) is 0 Å². The van der Waals surface area contributed by atoms with Gasteiger partial charge in [-0.25, -0.2) is 0 Å². The van der Waals surface area contributed by atoms with Crippen LogP contribution in [0.25, 0.3) is 0 Å². The topological polar surface area (TPSA) is 46.5 Å². The Hall–Kier alpha value is -1.00. The van der Waals surface area contributed by atoms with Crippen molar-refractivity contribution in [1.29, 1.82) is 0 Å². The average molecular weight is 310 g/mol. The third-order valence-electron chi connectivity index (χ3n) is 3.14. The van der Waals surface area contributed by atoms with Gasteiger partial charge in [-0.05, 0) is 25.3 Å². The predicted molar refractivity (Wildman–Crippen MR) is 89.0 cm³/mol. The zero-order chi connectivity index (χ0) is 15.8. The Balaban J connectivity index is 2.80. The second-order valence-electron chi connectivity index (χ2n) is 5.60. The van der Waals surface area contributed by atoms with E-state index in [9.17, 15) is 9.90 Å². The van der Waals surface area contributed by atoms with Gasteiger partial charge in [0.05, 0.1) is 11.7 Å². The van der Waals surface area contributed by atoms with Crippen molar-refractivity contribution in [2.75, 3.05) is 12.4 Å². The van der Waals surface area contributed by atoms with Crippen molar-refractivity contribution in [1.82, 2.24) is 0 Å². The number of rotatable bonds is 8. The fraction of sp³-hybridized carbons (Fsp3) is 0.588. The lowest BCUT2D eigenvalue weighted by molar-refractivity contribution is 0.0455. The Morgan fingerprint density at radius 3 is 2.67 bits per heavy atom. The summed E-state index contributed by atoms with van der Waals surface area (Å²) in [6.07, 6.45) is 1.85. The van der Waals surface area contributed by atoms with E-state index < -0.39 is 0 Å². The largest absolute Gasteiger partial charge is 0.507 e. The molecule has 4 heteroatoms. The molecule has 0 aromatic heterocycles. The van der Waals surface area contributed by atoms with Gasteiger partial charge in [-0.2, -0.15) is 0 Å². The van der Waals surface area contributed by atoms with Gasteiger partial charge >= 0.3 is 0 Å². The van der Waals surface area contributed by atoms with E-state index in [1.54, 1.807) is 12.1 Å². The fourth-order valence-electron chi connectivity index (χ4n) is 1.87. The van der Waals surface area contributed by atoms with Crippen molar-refractivity contribution < 1.29 is 14.6 Å². The number of unbranched alkanes of at least 4 members (excludes halogenated alkanes) is 1. The van der Waals surface area contributed by atoms with Gasteiger partial charge in [0, 0.05) is 17.9 Å². The molecule has 0 aliphatic rings. The molecule has 1 aromatic rings. The molecule has 0 heterocycles. The zero-order valence-electron chi connectivity index (χ0n) is 13.4. The van der Waals surface area contributed by atoms with E-state index in [0.717, 1.165) is 18.6 Å². The van der Waals surface area contributed by atoms with Gasteiger partial charge in [0.25, 0.3) is 0 Å². The molecule has 0 amide bonds. The van der Waals surface area contributed by atoms with E-state index in [1.165, 1.54) is 11.8 Å². The van der Waals surface area contributed by atoms with Crippen LogP contribution in [0.1, 0.15) is 62.6 Å². The van der Waals surface area contributed by atoms with Gasteiger partial charge < -0.3 is 9.84 Å². The first kappa shape index (κ1) is 18.1. The Morgan fingerprint density at radius 2 is 2.05 bits per heavy atom. The number of para-hydroxylation sites is 1. The smallest absolute Gasteiger partial charge is 0.223 e. The number of carbonyl (C=O) groups is 1. The molecule has 0 saturated carbocycles. The van der Waals surface area contributed by atoms with Gasteiger partial charge in [-0.15, -0.1) is 0 Å². The maximum absolute atomic E-state index is 12.1. The van der Waals surface area contributed by atoms with Gasteiger partial charge in [-0.3, -0.25) is 4.79 Å². The molecule has 118 valence electrons. The molecule has 3 nitrogen and oxygen atoms in total. The molecule has 0 aliphatic heterocycles. The zero-order valence-corrected chi connectivity index (χ0v) is 14.2. The summed E-state index contributed by atoms with van der Waals surface area (Å²) in [7, 11) is 0. The lowest BCUT2D eigenvalue weighted by Gasteiger charge is -2.17. The van der Waals surface area contributed by atoms with Crippen LogP contribution in [-0.4, -0.2) is 22.6 Å². The standard InChI is InChI=1S/C17H26O3S/c1-5-6-10-21-17(19)15-9-7-8-14(16(15)18)13(4)20-11-12(2)3/h7-9,12-13,18H,5-6,10-11H2,1-4H3/t13-/m0/s1. The van der Waals surface area contributed by atoms with Gasteiger partial charge in [0.2, 0.25) is 5.12 Å². The first-order chi connectivity index (χ1) is 9.97. The molecule has 1 N–H and O–H groups in total. The fourth-order valence-corrected chi connectivity index (χ4v) is 2.81. The molecule has 21 heavy (non-hydrogen) atoms. The molecule has 0 spiro atoms. The summed E-state index contributed by atoms with van der Waals surface area (Å²) >= 11 is 1.27. The van der Waals surface area contributed by atoms with Gasteiger partial charge in [-0.1, -0.05) is 51.1 Å². The first-order valence-corrected chi connectivity index (χ1v) is 8.56. The average Bonchev–Trinajstić information content (AvgIpc) is 2.45. The molecule has 0 aliphatic carbocycles. The summed E-state index contributed by atoms with van der Waals surface area (Å²) in [6, 6.07) is 5.29. The first-order valence-electron chi connectivity index (χ1n) is 7.58. The Bertz CT molecular complexity index is 457. The van der Waals surface area contributed by atoms with Crippen LogP contribution in [0.3, 0.4) is 0 Å². The van der Waals surface area contributed by atoms with Crippen molar-refractivity contribution in [3.63, 3.8) is 0 Å². The Kier molecular flexibility index (Phi) is 7.83. The predicted octanol–water partition coefficient (Wildman–Crippen LogP) is 4.80. The van der Waals surface area contributed by atoms with E-state index in [4.69, 9.17) is 4.74 Å². The monoisotopic (exact) mass is 310 g/mol. The number of carbonyl (C=O) groups excluding carboxylic acids is 1. The highest BCUT2D eigenvalue weighted by molar-refractivity contribution is 8.14. The van der Waals surface area contributed by atoms with E-state index >= 15 is 0 Å².